The maximum absolute atomic E-state index is 12.8. The number of nitrogens with one attached hydrogen (secondary N) is 1. The van der Waals surface area contributed by atoms with Crippen molar-refractivity contribution in [3.05, 3.63) is 58.1 Å². The maximum atomic E-state index is 12.8. The van der Waals surface area contributed by atoms with Gasteiger partial charge in [-0.05, 0) is 25.5 Å². The molecule has 2 bridgehead atoms. The molecule has 1 aromatic heterocycles. The molecule has 2 aliphatic heterocycles. The van der Waals surface area contributed by atoms with Crippen molar-refractivity contribution in [1.29, 1.82) is 0 Å². The number of ether oxygens (including phenoxy) is 1. The summed E-state index contributed by atoms with van der Waals surface area (Å²) in [6.07, 6.45) is 0.783. The molecule has 2 saturated heterocycles. The largest absolute Gasteiger partial charge is 0.388 e. The molecule has 0 radical (unpaired) electrons. The second-order valence-corrected chi connectivity index (χ2v) is 9.89. The highest BCUT2D eigenvalue weighted by Crippen LogP contribution is 2.48. The topological polar surface area (TPSA) is 131 Å². The Hall–Kier alpha value is -2.60. The van der Waals surface area contributed by atoms with E-state index in [4.69, 9.17) is 4.74 Å². The summed E-state index contributed by atoms with van der Waals surface area (Å²) >= 11 is 0. The van der Waals surface area contributed by atoms with E-state index in [0.717, 1.165) is 6.26 Å². The van der Waals surface area contributed by atoms with Crippen LogP contribution in [0.25, 0.3) is 0 Å². The molecule has 2 aliphatic rings. The number of rotatable bonds is 5. The van der Waals surface area contributed by atoms with Gasteiger partial charge in [-0.25, -0.2) is 13.2 Å². The smallest absolute Gasteiger partial charge is 0.351 e. The van der Waals surface area contributed by atoms with E-state index in [1.165, 1.54) is 15.1 Å². The van der Waals surface area contributed by atoms with Crippen molar-refractivity contribution in [3.63, 3.8) is 0 Å². The second kappa shape index (κ2) is 7.52. The van der Waals surface area contributed by atoms with Gasteiger partial charge < -0.3 is 15.2 Å². The number of anilines is 1. The number of aryl methyl sites for hydroxylation is 1. The summed E-state index contributed by atoms with van der Waals surface area (Å²) in [5.74, 6) is -0.308. The number of aromatic nitrogens is 2. The van der Waals surface area contributed by atoms with Crippen LogP contribution in [-0.4, -0.2) is 63.8 Å². The quantitative estimate of drug-likeness (QED) is 0.680. The second-order valence-electron chi connectivity index (χ2n) is 7.95. The van der Waals surface area contributed by atoms with Crippen molar-refractivity contribution >= 4 is 21.7 Å². The number of benzene rings is 1. The van der Waals surface area contributed by atoms with Crippen LogP contribution in [0.1, 0.15) is 35.5 Å². The van der Waals surface area contributed by atoms with Gasteiger partial charge in [0, 0.05) is 23.9 Å². The van der Waals surface area contributed by atoms with Crippen LogP contribution in [-0.2, 0) is 14.8 Å². The summed E-state index contributed by atoms with van der Waals surface area (Å²) in [5.41, 5.74) is -0.910. The molecule has 4 atom stereocenters. The van der Waals surface area contributed by atoms with Gasteiger partial charge in [0.15, 0.2) is 6.23 Å². The normalized spacial score (nSPS) is 28.1. The van der Waals surface area contributed by atoms with Crippen LogP contribution < -0.4 is 11.0 Å². The van der Waals surface area contributed by atoms with Gasteiger partial charge in [-0.15, -0.1) is 0 Å². The predicted octanol–water partition coefficient (Wildman–Crippen LogP) is 0.486. The number of nitrogens with zero attached hydrogens (tertiary/aromatic N) is 3. The highest BCUT2D eigenvalue weighted by molar-refractivity contribution is 7.88. The number of fused-ring (bicyclic) bond motifs is 2. The summed E-state index contributed by atoms with van der Waals surface area (Å²) in [7, 11) is -3.63. The van der Waals surface area contributed by atoms with E-state index >= 15 is 0 Å². The van der Waals surface area contributed by atoms with Crippen LogP contribution in [0.15, 0.2) is 41.3 Å². The van der Waals surface area contributed by atoms with E-state index in [1.54, 1.807) is 44.2 Å². The first-order chi connectivity index (χ1) is 14.6. The minimum Gasteiger partial charge on any atom is -0.388 e. The Bertz CT molecular complexity index is 1180. The summed E-state index contributed by atoms with van der Waals surface area (Å²) < 4.78 is 32.9. The molecule has 10 nitrogen and oxygen atoms in total. The monoisotopic (exact) mass is 448 g/mol. The Morgan fingerprint density at radius 1 is 1.35 bits per heavy atom. The zero-order valence-electron chi connectivity index (χ0n) is 17.3. The zero-order chi connectivity index (χ0) is 22.6. The number of aliphatic hydroxyl groups excluding tert-OH is 1. The Kier molecular flexibility index (Phi) is 5.24. The number of amides is 1. The third kappa shape index (κ3) is 3.57. The molecule has 2 aromatic rings. The standard InChI is InChI=1S/C20H24N4O6S/c1-4-20-11-24(31(3,28)29)14(15(20)25)18(30-20)23-10-12(2)16(22-19(23)27)21-17(26)13-8-6-5-7-9-13/h5-10,14-15,18,25H,4,11H2,1-3H3,(H,21,22,26,27)/t14-,15+,18?,20+/m1/s1. The van der Waals surface area contributed by atoms with Crippen LogP contribution in [0.5, 0.6) is 0 Å². The minimum absolute atomic E-state index is 0.0248. The Morgan fingerprint density at radius 3 is 2.61 bits per heavy atom. The van der Waals surface area contributed by atoms with E-state index in [0.29, 0.717) is 17.5 Å². The number of aliphatic hydroxyl groups is 1. The molecule has 0 spiro atoms. The van der Waals surface area contributed by atoms with Gasteiger partial charge in [-0.2, -0.15) is 9.29 Å². The number of carbonyl (C=O) groups excluding carboxylic acids is 1. The van der Waals surface area contributed by atoms with Crippen LogP contribution in [0.3, 0.4) is 0 Å². The van der Waals surface area contributed by atoms with Crippen LogP contribution in [0, 0.1) is 6.92 Å². The molecule has 0 aliphatic carbocycles. The van der Waals surface area contributed by atoms with Crippen molar-refractivity contribution in [1.82, 2.24) is 13.9 Å². The fourth-order valence-electron chi connectivity index (χ4n) is 4.26. The van der Waals surface area contributed by atoms with Gasteiger partial charge in [0.1, 0.15) is 17.5 Å². The average Bonchev–Trinajstić information content (AvgIpc) is 3.18. The Balaban J connectivity index is 1.67. The summed E-state index contributed by atoms with van der Waals surface area (Å²) in [4.78, 5) is 29.2. The van der Waals surface area contributed by atoms with E-state index < -0.39 is 45.6 Å². The molecule has 1 aromatic carbocycles. The highest BCUT2D eigenvalue weighted by Gasteiger charge is 2.65. The molecule has 2 N–H and O–H groups in total. The van der Waals surface area contributed by atoms with Crippen molar-refractivity contribution in [2.45, 2.75) is 44.2 Å². The number of hydrogen-bond acceptors (Lipinski definition) is 7. The van der Waals surface area contributed by atoms with Crippen molar-refractivity contribution in [2.75, 3.05) is 18.1 Å². The molecule has 3 heterocycles. The summed E-state index contributed by atoms with van der Waals surface area (Å²) in [5, 5.41) is 13.4. The van der Waals surface area contributed by atoms with Gasteiger partial charge in [0.2, 0.25) is 10.0 Å². The van der Waals surface area contributed by atoms with Crippen molar-refractivity contribution < 1.29 is 23.1 Å². The SMILES string of the molecule is CC[C@@]12CN(S(C)(=O)=O)[C@@H](C(n3cc(C)c(NC(=O)c4ccccc4)nc3=O)O1)[C@@H]2O. The lowest BCUT2D eigenvalue weighted by Crippen LogP contribution is -2.49. The summed E-state index contributed by atoms with van der Waals surface area (Å²) in [6.45, 7) is 3.48. The fraction of sp³-hybridized carbons (Fsp3) is 0.450. The third-order valence-electron chi connectivity index (χ3n) is 5.97. The Labute approximate surface area is 179 Å². The highest BCUT2D eigenvalue weighted by atomic mass is 32.2. The number of morpholine rings is 1. The number of sulfonamides is 1. The lowest BCUT2D eigenvalue weighted by molar-refractivity contribution is -0.126. The van der Waals surface area contributed by atoms with Gasteiger partial charge >= 0.3 is 5.69 Å². The average molecular weight is 449 g/mol. The molecule has 11 heteroatoms. The van der Waals surface area contributed by atoms with Gasteiger partial charge in [0.25, 0.3) is 5.91 Å². The van der Waals surface area contributed by atoms with E-state index in [-0.39, 0.29) is 12.4 Å². The van der Waals surface area contributed by atoms with Crippen molar-refractivity contribution in [3.8, 4) is 0 Å². The molecule has 166 valence electrons. The van der Waals surface area contributed by atoms with Gasteiger partial charge in [-0.3, -0.25) is 9.36 Å². The lowest BCUT2D eigenvalue weighted by atomic mass is 9.96. The Morgan fingerprint density at radius 2 is 2.03 bits per heavy atom. The van der Waals surface area contributed by atoms with Crippen LogP contribution in [0.4, 0.5) is 5.82 Å². The molecular weight excluding hydrogens is 424 g/mol. The molecular formula is C20H24N4O6S. The molecule has 1 unspecified atom stereocenters. The molecule has 1 amide bonds. The first-order valence-electron chi connectivity index (χ1n) is 9.86. The fourth-order valence-corrected chi connectivity index (χ4v) is 5.37. The number of carbonyl (C=O) groups is 1. The van der Waals surface area contributed by atoms with E-state index in [9.17, 15) is 23.1 Å². The first-order valence-corrected chi connectivity index (χ1v) is 11.7. The summed E-state index contributed by atoms with van der Waals surface area (Å²) in [6, 6.07) is 7.57. The van der Waals surface area contributed by atoms with Crippen molar-refractivity contribution in [2.24, 2.45) is 0 Å². The maximum Gasteiger partial charge on any atom is 0.351 e. The molecule has 0 saturated carbocycles. The van der Waals surface area contributed by atoms with E-state index in [1.807, 2.05) is 0 Å². The van der Waals surface area contributed by atoms with Crippen LogP contribution >= 0.6 is 0 Å². The lowest BCUT2D eigenvalue weighted by Gasteiger charge is -2.35. The minimum atomic E-state index is -3.63. The van der Waals surface area contributed by atoms with E-state index in [2.05, 4.69) is 10.3 Å². The third-order valence-corrected chi connectivity index (χ3v) is 7.19. The first kappa shape index (κ1) is 21.6. The number of hydrogen-bond donors (Lipinski definition) is 2. The predicted molar refractivity (Wildman–Crippen MR) is 112 cm³/mol. The van der Waals surface area contributed by atoms with Crippen LogP contribution in [0.2, 0.25) is 0 Å². The van der Waals surface area contributed by atoms with Gasteiger partial charge in [0.05, 0.1) is 12.3 Å². The molecule has 4 rings (SSSR count). The zero-order valence-corrected chi connectivity index (χ0v) is 18.2. The molecule has 31 heavy (non-hydrogen) atoms. The van der Waals surface area contributed by atoms with Gasteiger partial charge in [-0.1, -0.05) is 25.1 Å². The molecule has 2 fully saturated rings.